The summed E-state index contributed by atoms with van der Waals surface area (Å²) in [5.74, 6) is 1.80. The Hall–Kier alpha value is -1.84. The molecule has 0 aliphatic carbocycles. The Labute approximate surface area is 101 Å². The molecule has 0 amide bonds. The van der Waals surface area contributed by atoms with Gasteiger partial charge in [0, 0.05) is 24.7 Å². The van der Waals surface area contributed by atoms with Crippen molar-refractivity contribution in [2.45, 2.75) is 26.7 Å². The molecule has 17 heavy (non-hydrogen) atoms. The number of benzene rings is 1. The van der Waals surface area contributed by atoms with E-state index in [9.17, 15) is 0 Å². The summed E-state index contributed by atoms with van der Waals surface area (Å²) in [7, 11) is 1.92. The molecule has 4 nitrogen and oxygen atoms in total. The van der Waals surface area contributed by atoms with Crippen LogP contribution >= 0.6 is 0 Å². The van der Waals surface area contributed by atoms with Crippen molar-refractivity contribution in [3.05, 3.63) is 29.6 Å². The van der Waals surface area contributed by atoms with Gasteiger partial charge in [-0.3, -0.25) is 0 Å². The zero-order valence-corrected chi connectivity index (χ0v) is 10.6. The van der Waals surface area contributed by atoms with Gasteiger partial charge in [0.25, 0.3) is 0 Å². The van der Waals surface area contributed by atoms with Crippen molar-refractivity contribution in [2.75, 3.05) is 5.73 Å². The molecule has 2 rings (SSSR count). The van der Waals surface area contributed by atoms with Gasteiger partial charge in [0.1, 0.15) is 0 Å². The van der Waals surface area contributed by atoms with Gasteiger partial charge < -0.3 is 5.73 Å². The van der Waals surface area contributed by atoms with E-state index in [0.29, 0.717) is 0 Å². The number of nitrogen functional groups attached to an aromatic ring is 1. The molecule has 0 saturated carbocycles. The summed E-state index contributed by atoms with van der Waals surface area (Å²) in [5.41, 5.74) is 8.76. The summed E-state index contributed by atoms with van der Waals surface area (Å²) in [6.45, 7) is 4.13. The van der Waals surface area contributed by atoms with E-state index in [4.69, 9.17) is 5.73 Å². The average molecular weight is 230 g/mol. The van der Waals surface area contributed by atoms with Gasteiger partial charge in [0.15, 0.2) is 11.6 Å². The van der Waals surface area contributed by atoms with E-state index < -0.39 is 0 Å². The Bertz CT molecular complexity index is 528. The fourth-order valence-electron chi connectivity index (χ4n) is 1.83. The summed E-state index contributed by atoms with van der Waals surface area (Å²) in [6.07, 6.45) is 1.98. The van der Waals surface area contributed by atoms with Gasteiger partial charge in [0.2, 0.25) is 0 Å². The summed E-state index contributed by atoms with van der Waals surface area (Å²) in [5, 5.41) is 4.40. The molecule has 0 aliphatic heterocycles. The smallest absolute Gasteiger partial charge is 0.158 e. The Morgan fingerprint density at radius 1 is 1.35 bits per heavy atom. The second-order valence-corrected chi connectivity index (χ2v) is 4.30. The van der Waals surface area contributed by atoms with Gasteiger partial charge in [-0.25, -0.2) is 9.67 Å². The molecule has 2 N–H and O–H groups in total. The zero-order chi connectivity index (χ0) is 12.4. The van der Waals surface area contributed by atoms with Crippen molar-refractivity contribution in [1.82, 2.24) is 14.8 Å². The molecule has 1 aromatic heterocycles. The first-order valence-corrected chi connectivity index (χ1v) is 5.88. The molecule has 2 aromatic rings. The van der Waals surface area contributed by atoms with Crippen LogP contribution in [-0.2, 0) is 13.5 Å². The van der Waals surface area contributed by atoms with E-state index in [-0.39, 0.29) is 0 Å². The Balaban J connectivity index is 2.41. The minimum Gasteiger partial charge on any atom is -0.399 e. The highest BCUT2D eigenvalue weighted by molar-refractivity contribution is 5.62. The van der Waals surface area contributed by atoms with Crippen molar-refractivity contribution >= 4 is 5.69 Å². The fourth-order valence-corrected chi connectivity index (χ4v) is 1.83. The van der Waals surface area contributed by atoms with Crippen LogP contribution in [-0.4, -0.2) is 14.8 Å². The number of aryl methyl sites for hydroxylation is 3. The average Bonchev–Trinajstić information content (AvgIpc) is 2.64. The highest BCUT2D eigenvalue weighted by Gasteiger charge is 2.09. The maximum Gasteiger partial charge on any atom is 0.158 e. The van der Waals surface area contributed by atoms with Crippen molar-refractivity contribution in [1.29, 1.82) is 0 Å². The molecular weight excluding hydrogens is 212 g/mol. The van der Waals surface area contributed by atoms with Crippen molar-refractivity contribution < 1.29 is 0 Å². The Morgan fingerprint density at radius 2 is 2.12 bits per heavy atom. The quantitative estimate of drug-likeness (QED) is 0.823. The monoisotopic (exact) mass is 230 g/mol. The molecule has 0 saturated heterocycles. The largest absolute Gasteiger partial charge is 0.399 e. The molecule has 0 unspecified atom stereocenters. The van der Waals surface area contributed by atoms with E-state index in [1.165, 1.54) is 0 Å². The SMILES string of the molecule is CCCc1nc(-c2ccc(N)c(C)c2)n(C)n1. The van der Waals surface area contributed by atoms with Crippen LogP contribution in [0.25, 0.3) is 11.4 Å². The van der Waals surface area contributed by atoms with Crippen LogP contribution in [0, 0.1) is 6.92 Å². The molecule has 0 aliphatic rings. The van der Waals surface area contributed by atoms with Crippen LogP contribution in [0.15, 0.2) is 18.2 Å². The first-order chi connectivity index (χ1) is 8.11. The van der Waals surface area contributed by atoms with Crippen LogP contribution < -0.4 is 5.73 Å². The van der Waals surface area contributed by atoms with E-state index in [1.807, 2.05) is 30.8 Å². The third-order valence-electron chi connectivity index (χ3n) is 2.81. The Kier molecular flexibility index (Phi) is 3.13. The normalized spacial score (nSPS) is 10.8. The van der Waals surface area contributed by atoms with Gasteiger partial charge in [-0.05, 0) is 37.1 Å². The van der Waals surface area contributed by atoms with Crippen LogP contribution in [0.3, 0.4) is 0 Å². The lowest BCUT2D eigenvalue weighted by molar-refractivity contribution is 0.737. The van der Waals surface area contributed by atoms with E-state index >= 15 is 0 Å². The number of nitrogens with zero attached hydrogens (tertiary/aromatic N) is 3. The molecule has 1 heterocycles. The first kappa shape index (κ1) is 11.6. The summed E-state index contributed by atoms with van der Waals surface area (Å²) in [6, 6.07) is 5.95. The van der Waals surface area contributed by atoms with Crippen LogP contribution in [0.1, 0.15) is 24.7 Å². The lowest BCUT2D eigenvalue weighted by Crippen LogP contribution is -1.96. The second-order valence-electron chi connectivity index (χ2n) is 4.30. The molecule has 90 valence electrons. The lowest BCUT2D eigenvalue weighted by atomic mass is 10.1. The van der Waals surface area contributed by atoms with Gasteiger partial charge in [-0.15, -0.1) is 0 Å². The predicted octanol–water partition coefficient (Wildman–Crippen LogP) is 2.33. The lowest BCUT2D eigenvalue weighted by Gasteiger charge is -2.03. The second kappa shape index (κ2) is 4.57. The molecule has 0 spiro atoms. The fraction of sp³-hybridized carbons (Fsp3) is 0.385. The zero-order valence-electron chi connectivity index (χ0n) is 10.6. The number of rotatable bonds is 3. The summed E-state index contributed by atoms with van der Waals surface area (Å²) < 4.78 is 1.83. The number of anilines is 1. The molecule has 1 aromatic carbocycles. The summed E-state index contributed by atoms with van der Waals surface area (Å²) >= 11 is 0. The van der Waals surface area contributed by atoms with Gasteiger partial charge >= 0.3 is 0 Å². The number of hydrogen-bond acceptors (Lipinski definition) is 3. The van der Waals surface area contributed by atoms with Crippen LogP contribution in [0.4, 0.5) is 5.69 Å². The molecule has 0 fully saturated rings. The van der Waals surface area contributed by atoms with Gasteiger partial charge in [0.05, 0.1) is 0 Å². The minimum atomic E-state index is 0.810. The van der Waals surface area contributed by atoms with E-state index in [1.54, 1.807) is 0 Å². The topological polar surface area (TPSA) is 56.7 Å². The van der Waals surface area contributed by atoms with Crippen LogP contribution in [0.2, 0.25) is 0 Å². The molecule has 0 bridgehead atoms. The molecule has 0 radical (unpaired) electrons. The summed E-state index contributed by atoms with van der Waals surface area (Å²) in [4.78, 5) is 4.55. The standard InChI is InChI=1S/C13H18N4/c1-4-5-12-15-13(17(3)16-12)10-6-7-11(14)9(2)8-10/h6-8H,4-5,14H2,1-3H3. The van der Waals surface area contributed by atoms with Crippen LogP contribution in [0.5, 0.6) is 0 Å². The first-order valence-electron chi connectivity index (χ1n) is 5.88. The highest BCUT2D eigenvalue weighted by atomic mass is 15.3. The van der Waals surface area contributed by atoms with Crippen molar-refractivity contribution in [2.24, 2.45) is 7.05 Å². The molecule has 4 heteroatoms. The van der Waals surface area contributed by atoms with Gasteiger partial charge in [-0.1, -0.05) is 6.92 Å². The number of hydrogen-bond donors (Lipinski definition) is 1. The predicted molar refractivity (Wildman–Crippen MR) is 69.6 cm³/mol. The third-order valence-corrected chi connectivity index (χ3v) is 2.81. The van der Waals surface area contributed by atoms with Crippen molar-refractivity contribution in [3.63, 3.8) is 0 Å². The van der Waals surface area contributed by atoms with Crippen molar-refractivity contribution in [3.8, 4) is 11.4 Å². The molecular formula is C13H18N4. The third kappa shape index (κ3) is 2.30. The Morgan fingerprint density at radius 3 is 2.76 bits per heavy atom. The highest BCUT2D eigenvalue weighted by Crippen LogP contribution is 2.21. The van der Waals surface area contributed by atoms with E-state index in [2.05, 4.69) is 23.1 Å². The van der Waals surface area contributed by atoms with Gasteiger partial charge in [-0.2, -0.15) is 5.10 Å². The number of aromatic nitrogens is 3. The maximum atomic E-state index is 5.81. The van der Waals surface area contributed by atoms with E-state index in [0.717, 1.165) is 41.3 Å². The maximum absolute atomic E-state index is 5.81. The minimum absolute atomic E-state index is 0.810. The molecule has 0 atom stereocenters. The number of nitrogens with two attached hydrogens (primary N) is 1.